The number of ether oxygens (including phenoxy) is 3. The molecule has 0 saturated carbocycles. The van der Waals surface area contributed by atoms with Gasteiger partial charge in [0.15, 0.2) is 16.3 Å². The van der Waals surface area contributed by atoms with Crippen molar-refractivity contribution in [3.05, 3.63) is 149 Å². The molecule has 0 bridgehead atoms. The Morgan fingerprint density at radius 2 is 1.71 bits per heavy atom. The molecule has 0 N–H and O–H groups in total. The van der Waals surface area contributed by atoms with Crippen LogP contribution in [0.5, 0.6) is 11.5 Å². The molecule has 0 spiro atoms. The van der Waals surface area contributed by atoms with Crippen molar-refractivity contribution in [1.29, 1.82) is 0 Å². The monoisotopic (exact) mass is 719 g/mol. The van der Waals surface area contributed by atoms with Crippen molar-refractivity contribution >= 4 is 56.1 Å². The Labute approximate surface area is 286 Å². The molecular weight excluding hydrogens is 694 g/mol. The average Bonchev–Trinajstić information content (AvgIpc) is 3.78. The van der Waals surface area contributed by atoms with Gasteiger partial charge in [0.2, 0.25) is 6.79 Å². The number of aromatic nitrogens is 1. The van der Waals surface area contributed by atoms with Crippen molar-refractivity contribution < 1.29 is 23.8 Å². The fourth-order valence-corrected chi connectivity index (χ4v) is 7.79. The van der Waals surface area contributed by atoms with Crippen LogP contribution in [-0.2, 0) is 20.9 Å². The third-order valence-corrected chi connectivity index (χ3v) is 10.00. The third-order valence-electron chi connectivity index (χ3n) is 8.45. The minimum absolute atomic E-state index is 0.0668. The first-order valence-electron chi connectivity index (χ1n) is 15.3. The smallest absolute Gasteiger partial charge is 0.338 e. The Hall–Kier alpha value is -5.26. The lowest BCUT2D eigenvalue weighted by molar-refractivity contribution is -0.138. The minimum Gasteiger partial charge on any atom is -0.463 e. The summed E-state index contributed by atoms with van der Waals surface area (Å²) < 4.78 is 19.3. The van der Waals surface area contributed by atoms with Gasteiger partial charge in [0.1, 0.15) is 4.53 Å². The van der Waals surface area contributed by atoms with E-state index in [-0.39, 0.29) is 35.0 Å². The molecule has 3 aliphatic heterocycles. The third kappa shape index (κ3) is 4.97. The molecule has 3 aliphatic rings. The summed E-state index contributed by atoms with van der Waals surface area (Å²) >= 11 is 4.69. The molecule has 1 aromatic heterocycles. The highest BCUT2D eigenvalue weighted by molar-refractivity contribution is 9.10. The van der Waals surface area contributed by atoms with E-state index < -0.39 is 17.6 Å². The van der Waals surface area contributed by atoms with Gasteiger partial charge in [0.25, 0.3) is 11.5 Å². The molecule has 5 aromatic rings. The number of hydrogen-bond donors (Lipinski definition) is 0. The number of thiazole rings is 1. The molecule has 48 heavy (non-hydrogen) atoms. The number of carbonyl (C=O) groups excluding carboxylic acids is 2. The zero-order valence-corrected chi connectivity index (χ0v) is 27.9. The van der Waals surface area contributed by atoms with E-state index in [4.69, 9.17) is 19.2 Å². The summed E-state index contributed by atoms with van der Waals surface area (Å²) in [5, 5.41) is 0. The highest BCUT2D eigenvalue weighted by Gasteiger charge is 2.39. The molecule has 0 aliphatic carbocycles. The molecule has 8 rings (SSSR count). The van der Waals surface area contributed by atoms with Gasteiger partial charge < -0.3 is 19.1 Å². The van der Waals surface area contributed by atoms with Crippen LogP contribution in [0.25, 0.3) is 11.3 Å². The van der Waals surface area contributed by atoms with Gasteiger partial charge in [-0.1, -0.05) is 94.0 Å². The van der Waals surface area contributed by atoms with Crippen LogP contribution >= 0.6 is 27.3 Å². The Morgan fingerprint density at radius 1 is 0.958 bits per heavy atom. The van der Waals surface area contributed by atoms with Crippen molar-refractivity contribution in [2.75, 3.05) is 18.3 Å². The maximum Gasteiger partial charge on any atom is 0.338 e. The number of rotatable bonds is 6. The van der Waals surface area contributed by atoms with E-state index in [0.717, 1.165) is 21.4 Å². The minimum atomic E-state index is -0.932. The van der Waals surface area contributed by atoms with E-state index >= 15 is 0 Å². The maximum absolute atomic E-state index is 14.8. The van der Waals surface area contributed by atoms with E-state index in [1.807, 2.05) is 78.9 Å². The lowest BCUT2D eigenvalue weighted by Gasteiger charge is -2.26. The summed E-state index contributed by atoms with van der Waals surface area (Å²) in [6.07, 6.45) is 0. The second kappa shape index (κ2) is 12.1. The Balaban J connectivity index is 1.41. The standard InChI is InChI=1S/C37H26BrN3O6S/c1-2-45-36(44)30-31(22-11-7-4-8-12-22)39-37-41(32(30)23-13-16-27-28(17-23)47-20-46-27)35(43)33(48-37)29-25-18-24(38)14-15-26(25)40(34(29)42)19-21-9-5-3-6-10-21/h3-18,32H,2,19-20H2,1H3/b33-29-/t32-/m1/s1. The molecule has 11 heteroatoms. The van der Waals surface area contributed by atoms with E-state index in [1.54, 1.807) is 30.0 Å². The molecular formula is C37H26BrN3O6S. The van der Waals surface area contributed by atoms with Crippen molar-refractivity contribution in [3.63, 3.8) is 0 Å². The van der Waals surface area contributed by atoms with Gasteiger partial charge in [0.05, 0.1) is 41.7 Å². The van der Waals surface area contributed by atoms with Crippen LogP contribution in [0.3, 0.4) is 0 Å². The Morgan fingerprint density at radius 3 is 2.48 bits per heavy atom. The number of fused-ring (bicyclic) bond motifs is 3. The van der Waals surface area contributed by atoms with Crippen molar-refractivity contribution in [2.24, 2.45) is 4.99 Å². The maximum atomic E-state index is 14.8. The molecule has 0 saturated heterocycles. The summed E-state index contributed by atoms with van der Waals surface area (Å²) in [4.78, 5) is 50.0. The van der Waals surface area contributed by atoms with E-state index in [9.17, 15) is 14.4 Å². The fraction of sp³-hybridized carbons (Fsp3) is 0.135. The largest absolute Gasteiger partial charge is 0.463 e. The molecule has 0 fully saturated rings. The van der Waals surface area contributed by atoms with Gasteiger partial charge in [0, 0.05) is 15.6 Å². The summed E-state index contributed by atoms with van der Waals surface area (Å²) in [5.41, 5.74) is 4.04. The molecule has 0 radical (unpaired) electrons. The first-order valence-corrected chi connectivity index (χ1v) is 16.9. The Kier molecular flexibility index (Phi) is 7.57. The molecule has 1 amide bonds. The van der Waals surface area contributed by atoms with Gasteiger partial charge >= 0.3 is 5.97 Å². The van der Waals surface area contributed by atoms with Gasteiger partial charge in [-0.15, -0.1) is 0 Å². The normalized spacial score (nSPS) is 17.2. The average molecular weight is 721 g/mol. The van der Waals surface area contributed by atoms with E-state index in [2.05, 4.69) is 15.9 Å². The zero-order chi connectivity index (χ0) is 32.9. The van der Waals surface area contributed by atoms with Crippen molar-refractivity contribution in [1.82, 2.24) is 4.57 Å². The number of nitrogens with zero attached hydrogens (tertiary/aromatic N) is 3. The molecule has 238 valence electrons. The van der Waals surface area contributed by atoms with Crippen LogP contribution in [0.1, 0.15) is 35.2 Å². The molecule has 1 atom stereocenters. The van der Waals surface area contributed by atoms with Crippen molar-refractivity contribution in [3.8, 4) is 11.5 Å². The molecule has 0 unspecified atom stereocenters. The zero-order valence-electron chi connectivity index (χ0n) is 25.5. The number of benzene rings is 4. The number of esters is 1. The molecule has 9 nitrogen and oxygen atoms in total. The van der Waals surface area contributed by atoms with Gasteiger partial charge in [-0.2, -0.15) is 0 Å². The van der Waals surface area contributed by atoms with Gasteiger partial charge in [-0.3, -0.25) is 14.2 Å². The highest BCUT2D eigenvalue weighted by atomic mass is 79.9. The predicted octanol–water partition coefficient (Wildman–Crippen LogP) is 5.34. The second-order valence-corrected chi connectivity index (χ2v) is 13.2. The summed E-state index contributed by atoms with van der Waals surface area (Å²) in [5.74, 6) is 0.182. The Bertz CT molecular complexity index is 2350. The fourth-order valence-electron chi connectivity index (χ4n) is 6.34. The van der Waals surface area contributed by atoms with Crippen LogP contribution in [-0.4, -0.2) is 29.8 Å². The first kappa shape index (κ1) is 30.1. The van der Waals surface area contributed by atoms with E-state index in [0.29, 0.717) is 50.9 Å². The lowest BCUT2D eigenvalue weighted by Crippen LogP contribution is -2.41. The van der Waals surface area contributed by atoms with Gasteiger partial charge in [-0.05, 0) is 48.4 Å². The van der Waals surface area contributed by atoms with Crippen LogP contribution in [0, 0.1) is 0 Å². The van der Waals surface area contributed by atoms with Crippen LogP contribution in [0.4, 0.5) is 5.69 Å². The quantitative estimate of drug-likeness (QED) is 0.220. The SMILES string of the molecule is CCOC(=O)C1=C(c2ccccc2)N=c2s/c(=C3\C(=O)N(Cc4ccccc4)c4ccc(Br)cc43)c(=O)n2[C@@H]1c1ccc2c(c1)OCO2. The number of amides is 1. The number of carbonyl (C=O) groups is 2. The summed E-state index contributed by atoms with van der Waals surface area (Å²) in [6.45, 7) is 2.26. The molecule has 4 aromatic carbocycles. The topological polar surface area (TPSA) is 99.4 Å². The summed E-state index contributed by atoms with van der Waals surface area (Å²) in [7, 11) is 0. The van der Waals surface area contributed by atoms with E-state index in [1.165, 1.54) is 4.57 Å². The van der Waals surface area contributed by atoms with Crippen molar-refractivity contribution in [2.45, 2.75) is 19.5 Å². The number of halogens is 1. The van der Waals surface area contributed by atoms with Gasteiger partial charge in [-0.25, -0.2) is 9.79 Å². The highest BCUT2D eigenvalue weighted by Crippen LogP contribution is 2.41. The molecule has 4 heterocycles. The summed E-state index contributed by atoms with van der Waals surface area (Å²) in [6, 6.07) is 29.1. The number of hydrogen-bond acceptors (Lipinski definition) is 8. The van der Waals surface area contributed by atoms with Crippen LogP contribution in [0.15, 0.2) is 117 Å². The second-order valence-electron chi connectivity index (χ2n) is 11.3. The number of anilines is 1. The lowest BCUT2D eigenvalue weighted by atomic mass is 9.93. The predicted molar refractivity (Wildman–Crippen MR) is 184 cm³/mol. The first-order chi connectivity index (χ1) is 23.4. The van der Waals surface area contributed by atoms with Crippen LogP contribution < -0.4 is 29.3 Å². The van der Waals surface area contributed by atoms with Crippen LogP contribution in [0.2, 0.25) is 0 Å².